The number of ether oxygens (including phenoxy) is 3. The van der Waals surface area contributed by atoms with Crippen LogP contribution in [0.4, 0.5) is 10.5 Å². The third-order valence-corrected chi connectivity index (χ3v) is 6.52. The van der Waals surface area contributed by atoms with Gasteiger partial charge in [-0.05, 0) is 47.9 Å². The van der Waals surface area contributed by atoms with Crippen LogP contribution in [0, 0.1) is 0 Å². The average Bonchev–Trinajstić information content (AvgIpc) is 2.93. The van der Waals surface area contributed by atoms with Gasteiger partial charge in [0, 0.05) is 27.5 Å². The lowest BCUT2D eigenvalue weighted by atomic mass is 9.95. The molecule has 0 saturated heterocycles. The van der Waals surface area contributed by atoms with Crippen LogP contribution in [0.5, 0.6) is 11.5 Å². The van der Waals surface area contributed by atoms with Crippen LogP contribution in [0.1, 0.15) is 18.1 Å². The van der Waals surface area contributed by atoms with Gasteiger partial charge in [-0.15, -0.1) is 0 Å². The number of thiol groups is 1. The molecule has 0 heterocycles. The molecule has 196 valence electrons. The number of rotatable bonds is 10. The van der Waals surface area contributed by atoms with Gasteiger partial charge in [-0.3, -0.25) is 10.1 Å². The molecule has 38 heavy (non-hydrogen) atoms. The quantitative estimate of drug-likeness (QED) is 0.136. The third kappa shape index (κ3) is 7.20. The molecule has 0 aliphatic carbocycles. The maximum absolute atomic E-state index is 13.1. The molecule has 0 aliphatic rings. The third-order valence-electron chi connectivity index (χ3n) is 5.73. The minimum atomic E-state index is -0.925. The van der Waals surface area contributed by atoms with Crippen LogP contribution in [0.15, 0.2) is 95.5 Å². The molecule has 0 spiro atoms. The molecule has 0 unspecified atom stereocenters. The standard InChI is InChI=1S/C29H26BrNO6S/c30-19-10-12-20(13-11-19)31-29(34)37-28(24-14-15-25(32)23-9-5-4-8-22(23)24)26(16-17-35-27(33)18-38)36-21-6-2-1-3-7-21/h1-15,26,28,32,38H,16-18H2,(H,31,34)/t26-,28-/m0/s1. The van der Waals surface area contributed by atoms with E-state index in [0.717, 1.165) is 4.47 Å². The Labute approximate surface area is 234 Å². The van der Waals surface area contributed by atoms with E-state index in [4.69, 9.17) is 14.2 Å². The average molecular weight is 596 g/mol. The highest BCUT2D eigenvalue weighted by Gasteiger charge is 2.31. The number of phenolic OH excluding ortho intramolecular Hbond substituents is 1. The number of esters is 1. The number of para-hydroxylation sites is 1. The summed E-state index contributed by atoms with van der Waals surface area (Å²) in [6.07, 6.45) is -2.14. The van der Waals surface area contributed by atoms with Crippen molar-refractivity contribution in [3.8, 4) is 11.5 Å². The summed E-state index contributed by atoms with van der Waals surface area (Å²) >= 11 is 7.34. The minimum Gasteiger partial charge on any atom is -0.507 e. The van der Waals surface area contributed by atoms with Crippen molar-refractivity contribution >= 4 is 57.1 Å². The van der Waals surface area contributed by atoms with Crippen LogP contribution in [-0.2, 0) is 14.3 Å². The van der Waals surface area contributed by atoms with Gasteiger partial charge < -0.3 is 19.3 Å². The topological polar surface area (TPSA) is 94.1 Å². The number of nitrogens with one attached hydrogen (secondary N) is 1. The van der Waals surface area contributed by atoms with Crippen molar-refractivity contribution in [3.05, 3.63) is 101 Å². The summed E-state index contributed by atoms with van der Waals surface area (Å²) in [6.45, 7) is 0.0289. The Kier molecular flexibility index (Phi) is 9.51. The molecule has 0 aliphatic heterocycles. The Morgan fingerprint density at radius 1 is 0.895 bits per heavy atom. The molecule has 4 aromatic carbocycles. The zero-order valence-electron chi connectivity index (χ0n) is 20.2. The lowest BCUT2D eigenvalue weighted by Gasteiger charge is -2.29. The maximum Gasteiger partial charge on any atom is 0.412 e. The Bertz CT molecular complexity index is 1380. The van der Waals surface area contributed by atoms with Crippen LogP contribution in [0.2, 0.25) is 0 Å². The summed E-state index contributed by atoms with van der Waals surface area (Å²) in [5, 5.41) is 14.5. The van der Waals surface area contributed by atoms with Gasteiger partial charge in [0.2, 0.25) is 0 Å². The lowest BCUT2D eigenvalue weighted by molar-refractivity contribution is -0.141. The van der Waals surface area contributed by atoms with Crippen molar-refractivity contribution in [1.29, 1.82) is 0 Å². The molecule has 7 nitrogen and oxygen atoms in total. The molecule has 4 aromatic rings. The molecular weight excluding hydrogens is 570 g/mol. The van der Waals surface area contributed by atoms with Gasteiger partial charge in [0.25, 0.3) is 0 Å². The summed E-state index contributed by atoms with van der Waals surface area (Å²) in [5.41, 5.74) is 1.18. The molecule has 9 heteroatoms. The number of anilines is 1. The van der Waals surface area contributed by atoms with Crippen molar-refractivity contribution in [2.75, 3.05) is 17.7 Å². The fourth-order valence-electron chi connectivity index (χ4n) is 3.97. The number of halogens is 1. The number of fused-ring (bicyclic) bond motifs is 1. The van der Waals surface area contributed by atoms with Gasteiger partial charge in [0.05, 0.1) is 12.4 Å². The van der Waals surface area contributed by atoms with Gasteiger partial charge in [-0.25, -0.2) is 4.79 Å². The van der Waals surface area contributed by atoms with Crippen molar-refractivity contribution in [1.82, 2.24) is 0 Å². The number of amides is 1. The van der Waals surface area contributed by atoms with E-state index in [1.54, 1.807) is 54.6 Å². The number of aromatic hydroxyl groups is 1. The Balaban J connectivity index is 1.71. The summed E-state index contributed by atoms with van der Waals surface area (Å²) in [7, 11) is 0. The molecular formula is C29H26BrNO6S. The fraction of sp³-hybridized carbons (Fsp3) is 0.172. The van der Waals surface area contributed by atoms with E-state index in [-0.39, 0.29) is 24.5 Å². The molecule has 2 atom stereocenters. The molecule has 0 aromatic heterocycles. The molecule has 2 N–H and O–H groups in total. The van der Waals surface area contributed by atoms with E-state index < -0.39 is 24.3 Å². The van der Waals surface area contributed by atoms with Crippen molar-refractivity contribution in [2.45, 2.75) is 18.6 Å². The molecule has 0 radical (unpaired) electrons. The van der Waals surface area contributed by atoms with E-state index in [0.29, 0.717) is 27.8 Å². The van der Waals surface area contributed by atoms with Crippen molar-refractivity contribution in [3.63, 3.8) is 0 Å². The SMILES string of the molecule is O=C(CS)OCC[C@H](Oc1ccccc1)[C@@H](OC(=O)Nc1ccc(Br)cc1)c1ccc(O)c2ccccc12. The summed E-state index contributed by atoms with van der Waals surface area (Å²) in [4.78, 5) is 24.9. The zero-order chi connectivity index (χ0) is 26.9. The van der Waals surface area contributed by atoms with Gasteiger partial charge >= 0.3 is 12.1 Å². The Hall–Kier alpha value is -3.69. The van der Waals surface area contributed by atoms with Crippen LogP contribution in [-0.4, -0.2) is 35.6 Å². The van der Waals surface area contributed by atoms with Crippen LogP contribution in [0.25, 0.3) is 10.8 Å². The number of carbonyl (C=O) groups is 2. The monoisotopic (exact) mass is 595 g/mol. The van der Waals surface area contributed by atoms with Gasteiger partial charge in [-0.1, -0.05) is 64.5 Å². The second-order valence-electron chi connectivity index (χ2n) is 8.31. The summed E-state index contributed by atoms with van der Waals surface area (Å²) in [6, 6.07) is 26.7. The van der Waals surface area contributed by atoms with E-state index in [9.17, 15) is 14.7 Å². The number of benzene rings is 4. The fourth-order valence-corrected chi connectivity index (χ4v) is 4.33. The molecule has 1 amide bonds. The van der Waals surface area contributed by atoms with Gasteiger partial charge in [0.15, 0.2) is 6.10 Å². The maximum atomic E-state index is 13.1. The first-order chi connectivity index (χ1) is 18.4. The molecule has 0 bridgehead atoms. The number of phenols is 1. The first kappa shape index (κ1) is 27.3. The number of carbonyl (C=O) groups excluding carboxylic acids is 2. The molecule has 0 saturated carbocycles. The summed E-state index contributed by atoms with van der Waals surface area (Å²) < 4.78 is 18.5. The van der Waals surface area contributed by atoms with Crippen LogP contribution >= 0.6 is 28.6 Å². The second-order valence-corrected chi connectivity index (χ2v) is 9.55. The highest BCUT2D eigenvalue weighted by molar-refractivity contribution is 9.10. The van der Waals surface area contributed by atoms with Crippen molar-refractivity contribution in [2.24, 2.45) is 0 Å². The predicted molar refractivity (Wildman–Crippen MR) is 153 cm³/mol. The van der Waals surface area contributed by atoms with Crippen LogP contribution < -0.4 is 10.1 Å². The largest absolute Gasteiger partial charge is 0.507 e. The highest BCUT2D eigenvalue weighted by atomic mass is 79.9. The van der Waals surface area contributed by atoms with E-state index >= 15 is 0 Å². The first-order valence-electron chi connectivity index (χ1n) is 11.9. The number of hydrogen-bond donors (Lipinski definition) is 3. The van der Waals surface area contributed by atoms with E-state index in [2.05, 4.69) is 33.9 Å². The normalized spacial score (nSPS) is 12.4. The Morgan fingerprint density at radius 3 is 2.29 bits per heavy atom. The first-order valence-corrected chi connectivity index (χ1v) is 13.3. The predicted octanol–water partition coefficient (Wildman–Crippen LogP) is 6.91. The smallest absolute Gasteiger partial charge is 0.412 e. The van der Waals surface area contributed by atoms with Crippen molar-refractivity contribution < 1.29 is 28.9 Å². The highest BCUT2D eigenvalue weighted by Crippen LogP contribution is 2.36. The minimum absolute atomic E-state index is 0.0289. The number of hydrogen-bond acceptors (Lipinski definition) is 7. The lowest BCUT2D eigenvalue weighted by Crippen LogP contribution is -2.32. The van der Waals surface area contributed by atoms with E-state index in [1.807, 2.05) is 36.4 Å². The molecule has 4 rings (SSSR count). The van der Waals surface area contributed by atoms with Gasteiger partial charge in [-0.2, -0.15) is 12.6 Å². The van der Waals surface area contributed by atoms with E-state index in [1.165, 1.54) is 0 Å². The zero-order valence-corrected chi connectivity index (χ0v) is 22.7. The summed E-state index contributed by atoms with van der Waals surface area (Å²) in [5.74, 6) is 0.142. The Morgan fingerprint density at radius 2 is 1.58 bits per heavy atom. The van der Waals surface area contributed by atoms with Crippen LogP contribution in [0.3, 0.4) is 0 Å². The molecule has 0 fully saturated rings. The second kappa shape index (κ2) is 13.2. The van der Waals surface area contributed by atoms with Gasteiger partial charge in [0.1, 0.15) is 17.6 Å².